The molecule has 0 saturated carbocycles. The third-order valence-corrected chi connectivity index (χ3v) is 5.88. The van der Waals surface area contributed by atoms with Gasteiger partial charge >= 0.3 is 0 Å². The number of rotatable bonds is 7. The summed E-state index contributed by atoms with van der Waals surface area (Å²) in [4.78, 5) is 16.7. The van der Waals surface area contributed by atoms with E-state index < -0.39 is 0 Å². The number of thioether (sulfide) groups is 1. The lowest BCUT2D eigenvalue weighted by atomic mass is 10.1. The van der Waals surface area contributed by atoms with Crippen LogP contribution in [-0.2, 0) is 0 Å². The molecule has 0 bridgehead atoms. The Morgan fingerprint density at radius 1 is 1.30 bits per heavy atom. The number of amides is 1. The fourth-order valence-corrected chi connectivity index (χ4v) is 3.97. The van der Waals surface area contributed by atoms with E-state index in [1.807, 2.05) is 18.7 Å². The Morgan fingerprint density at radius 2 is 2.04 bits per heavy atom. The van der Waals surface area contributed by atoms with Crippen LogP contribution in [0.2, 0.25) is 0 Å². The van der Waals surface area contributed by atoms with Gasteiger partial charge in [-0.1, -0.05) is 6.07 Å². The molecule has 1 aliphatic rings. The van der Waals surface area contributed by atoms with Crippen molar-refractivity contribution in [1.82, 2.24) is 16.0 Å². The lowest BCUT2D eigenvalue weighted by Crippen LogP contribution is -2.42. The van der Waals surface area contributed by atoms with Crippen LogP contribution in [0.25, 0.3) is 0 Å². The first kappa shape index (κ1) is 24.0. The van der Waals surface area contributed by atoms with Gasteiger partial charge in [-0.2, -0.15) is 11.8 Å². The van der Waals surface area contributed by atoms with Crippen LogP contribution in [0.3, 0.4) is 0 Å². The number of guanidine groups is 1. The summed E-state index contributed by atoms with van der Waals surface area (Å²) in [5, 5.41) is 9.25. The Bertz CT molecular complexity index is 651. The molecular formula is C19H30FIN4OS. The Kier molecular flexibility index (Phi) is 10.4. The average molecular weight is 508 g/mol. The quantitative estimate of drug-likeness (QED) is 0.229. The van der Waals surface area contributed by atoms with Gasteiger partial charge in [0.05, 0.1) is 6.54 Å². The molecule has 0 aliphatic carbocycles. The minimum atomic E-state index is -0.365. The Hall–Kier alpha value is -1.03. The maximum absolute atomic E-state index is 13.5. The van der Waals surface area contributed by atoms with Gasteiger partial charge in [0.2, 0.25) is 0 Å². The van der Waals surface area contributed by atoms with E-state index in [4.69, 9.17) is 0 Å². The van der Waals surface area contributed by atoms with E-state index in [1.54, 1.807) is 19.1 Å². The normalized spacial score (nSPS) is 19.3. The third-order valence-electron chi connectivity index (χ3n) is 4.35. The standard InChI is InChI=1S/C19H29FN4OS.HI/c1-4-21-18(24-13-19(3)8-5-11-26-19)23-10-9-22-17(25)15-7-6-14(2)16(20)12-15;/h6-7,12H,4-5,8-11,13H2,1-3H3,(H,22,25)(H2,21,23,24);1H. The molecule has 1 saturated heterocycles. The van der Waals surface area contributed by atoms with Crippen LogP contribution in [0.1, 0.15) is 42.6 Å². The summed E-state index contributed by atoms with van der Waals surface area (Å²) in [7, 11) is 0. The number of aliphatic imine (C=N–C) groups is 1. The predicted octanol–water partition coefficient (Wildman–Crippen LogP) is 3.32. The molecule has 1 heterocycles. The number of hydrogen-bond donors (Lipinski definition) is 3. The van der Waals surface area contributed by atoms with E-state index >= 15 is 0 Å². The van der Waals surface area contributed by atoms with Gasteiger partial charge in [-0.15, -0.1) is 24.0 Å². The van der Waals surface area contributed by atoms with Gasteiger partial charge in [0.25, 0.3) is 5.91 Å². The van der Waals surface area contributed by atoms with Crippen molar-refractivity contribution in [3.05, 3.63) is 35.1 Å². The topological polar surface area (TPSA) is 65.5 Å². The van der Waals surface area contributed by atoms with Crippen LogP contribution in [0.15, 0.2) is 23.2 Å². The number of carbonyl (C=O) groups is 1. The summed E-state index contributed by atoms with van der Waals surface area (Å²) >= 11 is 1.99. The highest BCUT2D eigenvalue weighted by molar-refractivity contribution is 14.0. The summed E-state index contributed by atoms with van der Waals surface area (Å²) in [5.74, 6) is 1.33. The number of carbonyl (C=O) groups excluding carboxylic acids is 1. The van der Waals surface area contributed by atoms with Crippen LogP contribution in [0.4, 0.5) is 4.39 Å². The second-order valence-electron chi connectivity index (χ2n) is 6.74. The molecule has 1 atom stereocenters. The lowest BCUT2D eigenvalue weighted by Gasteiger charge is -2.21. The van der Waals surface area contributed by atoms with Crippen LogP contribution >= 0.6 is 35.7 Å². The third kappa shape index (κ3) is 7.85. The largest absolute Gasteiger partial charge is 0.357 e. The van der Waals surface area contributed by atoms with Crippen molar-refractivity contribution in [2.24, 2.45) is 4.99 Å². The van der Waals surface area contributed by atoms with E-state index in [0.717, 1.165) is 19.0 Å². The molecule has 0 radical (unpaired) electrons. The molecule has 5 nitrogen and oxygen atoms in total. The second-order valence-corrected chi connectivity index (χ2v) is 8.43. The van der Waals surface area contributed by atoms with E-state index in [2.05, 4.69) is 27.9 Å². The van der Waals surface area contributed by atoms with Crippen molar-refractivity contribution >= 4 is 47.6 Å². The summed E-state index contributed by atoms with van der Waals surface area (Å²) < 4.78 is 13.8. The average Bonchev–Trinajstić information content (AvgIpc) is 3.05. The van der Waals surface area contributed by atoms with Crippen molar-refractivity contribution in [3.8, 4) is 0 Å². The van der Waals surface area contributed by atoms with Gasteiger partial charge in [-0.3, -0.25) is 9.79 Å². The van der Waals surface area contributed by atoms with Crippen molar-refractivity contribution in [2.75, 3.05) is 31.9 Å². The van der Waals surface area contributed by atoms with Gasteiger partial charge in [0.1, 0.15) is 5.82 Å². The molecule has 1 fully saturated rings. The van der Waals surface area contributed by atoms with Crippen molar-refractivity contribution in [2.45, 2.75) is 38.4 Å². The van der Waals surface area contributed by atoms with Crippen LogP contribution < -0.4 is 16.0 Å². The Balaban J connectivity index is 0.00000364. The molecule has 1 aliphatic heterocycles. The summed E-state index contributed by atoms with van der Waals surface area (Å²) in [6.45, 7) is 8.51. The molecule has 27 heavy (non-hydrogen) atoms. The van der Waals surface area contributed by atoms with E-state index in [9.17, 15) is 9.18 Å². The summed E-state index contributed by atoms with van der Waals surface area (Å²) in [6.07, 6.45) is 2.45. The minimum absolute atomic E-state index is 0. The first-order valence-electron chi connectivity index (χ1n) is 9.14. The van der Waals surface area contributed by atoms with Crippen molar-refractivity contribution in [3.63, 3.8) is 0 Å². The fourth-order valence-electron chi connectivity index (χ4n) is 2.74. The zero-order valence-electron chi connectivity index (χ0n) is 16.2. The monoisotopic (exact) mass is 508 g/mol. The Morgan fingerprint density at radius 3 is 2.67 bits per heavy atom. The zero-order valence-corrected chi connectivity index (χ0v) is 19.4. The van der Waals surface area contributed by atoms with Crippen LogP contribution in [0, 0.1) is 12.7 Å². The maximum Gasteiger partial charge on any atom is 0.251 e. The molecule has 1 aromatic carbocycles. The first-order valence-corrected chi connectivity index (χ1v) is 10.1. The van der Waals surface area contributed by atoms with Gasteiger partial charge < -0.3 is 16.0 Å². The predicted molar refractivity (Wildman–Crippen MR) is 123 cm³/mol. The summed E-state index contributed by atoms with van der Waals surface area (Å²) in [5.41, 5.74) is 0.865. The van der Waals surface area contributed by atoms with Crippen LogP contribution in [0.5, 0.6) is 0 Å². The van der Waals surface area contributed by atoms with Crippen molar-refractivity contribution in [1.29, 1.82) is 0 Å². The number of benzene rings is 1. The van der Waals surface area contributed by atoms with Gasteiger partial charge in [0.15, 0.2) is 5.96 Å². The van der Waals surface area contributed by atoms with E-state index in [0.29, 0.717) is 24.2 Å². The van der Waals surface area contributed by atoms with E-state index in [1.165, 1.54) is 24.7 Å². The molecular weight excluding hydrogens is 478 g/mol. The zero-order chi connectivity index (χ0) is 19.0. The smallest absolute Gasteiger partial charge is 0.251 e. The molecule has 1 aromatic rings. The molecule has 1 amide bonds. The maximum atomic E-state index is 13.5. The Labute approximate surface area is 182 Å². The number of nitrogens with one attached hydrogen (secondary N) is 3. The van der Waals surface area contributed by atoms with Crippen LogP contribution in [-0.4, -0.2) is 48.5 Å². The molecule has 8 heteroatoms. The highest BCUT2D eigenvalue weighted by Gasteiger charge is 2.29. The highest BCUT2D eigenvalue weighted by Crippen LogP contribution is 2.37. The molecule has 1 unspecified atom stereocenters. The molecule has 0 aromatic heterocycles. The number of hydrogen-bond acceptors (Lipinski definition) is 3. The van der Waals surface area contributed by atoms with Gasteiger partial charge in [-0.25, -0.2) is 4.39 Å². The number of aryl methyl sites for hydroxylation is 1. The molecule has 3 N–H and O–H groups in total. The number of halogens is 2. The highest BCUT2D eigenvalue weighted by atomic mass is 127. The molecule has 0 spiro atoms. The SMILES string of the molecule is CCNC(=NCC1(C)CCCS1)NCCNC(=O)c1ccc(C)c(F)c1.I. The van der Waals surface area contributed by atoms with Crippen molar-refractivity contribution < 1.29 is 9.18 Å². The van der Waals surface area contributed by atoms with Gasteiger partial charge in [0, 0.05) is 29.9 Å². The van der Waals surface area contributed by atoms with E-state index in [-0.39, 0.29) is 40.4 Å². The summed E-state index contributed by atoms with van der Waals surface area (Å²) in [6, 6.07) is 4.51. The molecule has 152 valence electrons. The second kappa shape index (κ2) is 11.7. The first-order chi connectivity index (χ1) is 12.4. The number of nitrogens with zero attached hydrogens (tertiary/aromatic N) is 1. The minimum Gasteiger partial charge on any atom is -0.357 e. The molecule has 2 rings (SSSR count). The fraction of sp³-hybridized carbons (Fsp3) is 0.579. The lowest BCUT2D eigenvalue weighted by molar-refractivity contribution is 0.0954. The van der Waals surface area contributed by atoms with Gasteiger partial charge in [-0.05, 0) is 57.1 Å².